The van der Waals surface area contributed by atoms with E-state index < -0.39 is 0 Å². The number of hydrogen-bond donors (Lipinski definition) is 0. The van der Waals surface area contributed by atoms with E-state index in [0.29, 0.717) is 4.83 Å². The van der Waals surface area contributed by atoms with Crippen molar-refractivity contribution in [2.75, 3.05) is 0 Å². The van der Waals surface area contributed by atoms with Crippen molar-refractivity contribution >= 4 is 15.9 Å². The topological polar surface area (TPSA) is 0 Å². The largest absolute Gasteiger partial charge is 0.0884 e. The molecule has 0 heterocycles. The first-order valence-electron chi connectivity index (χ1n) is 5.98. The van der Waals surface area contributed by atoms with Crippen molar-refractivity contribution in [3.63, 3.8) is 0 Å². The Morgan fingerprint density at radius 3 is 2.73 bits per heavy atom. The SMILES string of the molecule is Cc1cccc(C2CCCCCC2Br)c1. The van der Waals surface area contributed by atoms with E-state index >= 15 is 0 Å². The third-order valence-corrected chi connectivity index (χ3v) is 4.50. The molecule has 0 spiro atoms. The van der Waals surface area contributed by atoms with Crippen molar-refractivity contribution in [3.05, 3.63) is 35.4 Å². The zero-order valence-electron chi connectivity index (χ0n) is 9.38. The summed E-state index contributed by atoms with van der Waals surface area (Å²) in [5, 5.41) is 0. The fourth-order valence-corrected chi connectivity index (χ4v) is 3.43. The van der Waals surface area contributed by atoms with Gasteiger partial charge in [0.05, 0.1) is 0 Å². The first-order chi connectivity index (χ1) is 7.27. The molecule has 0 bridgehead atoms. The van der Waals surface area contributed by atoms with Gasteiger partial charge in [0.1, 0.15) is 0 Å². The summed E-state index contributed by atoms with van der Waals surface area (Å²) in [4.78, 5) is 0.682. The van der Waals surface area contributed by atoms with E-state index in [1.54, 1.807) is 0 Å². The summed E-state index contributed by atoms with van der Waals surface area (Å²) in [7, 11) is 0. The van der Waals surface area contributed by atoms with Crippen LogP contribution < -0.4 is 0 Å². The number of rotatable bonds is 1. The highest BCUT2D eigenvalue weighted by Crippen LogP contribution is 2.36. The quantitative estimate of drug-likeness (QED) is 0.506. The van der Waals surface area contributed by atoms with E-state index in [2.05, 4.69) is 47.1 Å². The summed E-state index contributed by atoms with van der Waals surface area (Å²) >= 11 is 3.87. The van der Waals surface area contributed by atoms with Crippen LogP contribution in [-0.4, -0.2) is 4.83 Å². The molecule has 0 radical (unpaired) electrons. The average Bonchev–Trinajstić information content (AvgIpc) is 2.43. The fourth-order valence-electron chi connectivity index (χ4n) is 2.54. The van der Waals surface area contributed by atoms with Crippen LogP contribution in [0.1, 0.15) is 49.1 Å². The molecule has 15 heavy (non-hydrogen) atoms. The highest BCUT2D eigenvalue weighted by atomic mass is 79.9. The van der Waals surface area contributed by atoms with Gasteiger partial charge < -0.3 is 0 Å². The fraction of sp³-hybridized carbons (Fsp3) is 0.571. The second-order valence-electron chi connectivity index (χ2n) is 4.67. The lowest BCUT2D eigenvalue weighted by Gasteiger charge is -2.20. The van der Waals surface area contributed by atoms with Crippen LogP contribution in [0.4, 0.5) is 0 Å². The van der Waals surface area contributed by atoms with Gasteiger partial charge in [0.15, 0.2) is 0 Å². The van der Waals surface area contributed by atoms with Gasteiger partial charge in [-0.05, 0) is 31.2 Å². The van der Waals surface area contributed by atoms with Crippen molar-refractivity contribution < 1.29 is 0 Å². The number of halogens is 1. The van der Waals surface area contributed by atoms with Gasteiger partial charge in [0.25, 0.3) is 0 Å². The minimum Gasteiger partial charge on any atom is -0.0884 e. The van der Waals surface area contributed by atoms with E-state index in [1.165, 1.54) is 43.2 Å². The van der Waals surface area contributed by atoms with Crippen LogP contribution in [0.15, 0.2) is 24.3 Å². The minimum absolute atomic E-state index is 0.682. The summed E-state index contributed by atoms with van der Waals surface area (Å²) < 4.78 is 0. The molecule has 2 atom stereocenters. The summed E-state index contributed by atoms with van der Waals surface area (Å²) in [5.41, 5.74) is 2.91. The molecule has 2 rings (SSSR count). The van der Waals surface area contributed by atoms with Crippen LogP contribution >= 0.6 is 15.9 Å². The van der Waals surface area contributed by atoms with Crippen molar-refractivity contribution in [2.24, 2.45) is 0 Å². The van der Waals surface area contributed by atoms with Gasteiger partial charge >= 0.3 is 0 Å². The molecule has 1 saturated carbocycles. The van der Waals surface area contributed by atoms with Gasteiger partial charge in [-0.15, -0.1) is 0 Å². The molecule has 0 saturated heterocycles. The number of hydrogen-bond acceptors (Lipinski definition) is 0. The smallest absolute Gasteiger partial charge is 0.0214 e. The van der Waals surface area contributed by atoms with Crippen molar-refractivity contribution in [3.8, 4) is 0 Å². The molecule has 2 unspecified atom stereocenters. The van der Waals surface area contributed by atoms with Crippen LogP contribution in [0.3, 0.4) is 0 Å². The third kappa shape index (κ3) is 2.84. The first kappa shape index (κ1) is 11.2. The monoisotopic (exact) mass is 266 g/mol. The van der Waals surface area contributed by atoms with E-state index in [1.807, 2.05) is 0 Å². The van der Waals surface area contributed by atoms with Crippen molar-refractivity contribution in [1.29, 1.82) is 0 Å². The average molecular weight is 267 g/mol. The molecule has 0 aromatic heterocycles. The second kappa shape index (κ2) is 5.16. The number of benzene rings is 1. The number of alkyl halides is 1. The molecule has 0 nitrogen and oxygen atoms in total. The lowest BCUT2D eigenvalue weighted by atomic mass is 9.91. The van der Waals surface area contributed by atoms with E-state index in [9.17, 15) is 0 Å². The molecule has 0 N–H and O–H groups in total. The Morgan fingerprint density at radius 2 is 1.93 bits per heavy atom. The molecule has 1 aliphatic rings. The molecular weight excluding hydrogens is 248 g/mol. The number of aryl methyl sites for hydroxylation is 1. The molecule has 1 aromatic carbocycles. The molecule has 1 aromatic rings. The molecule has 82 valence electrons. The molecule has 0 amide bonds. The Hall–Kier alpha value is -0.300. The summed E-state index contributed by atoms with van der Waals surface area (Å²) in [6.45, 7) is 2.18. The normalized spacial score (nSPS) is 27.3. The zero-order chi connectivity index (χ0) is 10.7. The molecule has 1 fully saturated rings. The van der Waals surface area contributed by atoms with E-state index in [-0.39, 0.29) is 0 Å². The van der Waals surface area contributed by atoms with Crippen LogP contribution in [0.5, 0.6) is 0 Å². The molecule has 0 aliphatic heterocycles. The maximum absolute atomic E-state index is 3.87. The lowest BCUT2D eigenvalue weighted by Crippen LogP contribution is -2.10. The van der Waals surface area contributed by atoms with Gasteiger partial charge in [-0.2, -0.15) is 0 Å². The maximum Gasteiger partial charge on any atom is 0.0214 e. The molecule has 1 heteroatoms. The van der Waals surface area contributed by atoms with Crippen LogP contribution in [0, 0.1) is 6.92 Å². The Balaban J connectivity index is 2.20. The summed E-state index contributed by atoms with van der Waals surface area (Å²) in [5.74, 6) is 0.729. The van der Waals surface area contributed by atoms with Crippen LogP contribution in [0.25, 0.3) is 0 Å². The minimum atomic E-state index is 0.682. The van der Waals surface area contributed by atoms with Crippen molar-refractivity contribution in [2.45, 2.75) is 49.8 Å². The van der Waals surface area contributed by atoms with Gasteiger partial charge in [0.2, 0.25) is 0 Å². The van der Waals surface area contributed by atoms with Crippen LogP contribution in [-0.2, 0) is 0 Å². The van der Waals surface area contributed by atoms with Gasteiger partial charge in [0, 0.05) is 4.83 Å². The Kier molecular flexibility index (Phi) is 3.85. The summed E-state index contributed by atoms with van der Waals surface area (Å²) in [6.07, 6.45) is 6.86. The predicted molar refractivity (Wildman–Crippen MR) is 69.7 cm³/mol. The van der Waals surface area contributed by atoms with Gasteiger partial charge in [-0.25, -0.2) is 0 Å². The van der Waals surface area contributed by atoms with Crippen LogP contribution in [0.2, 0.25) is 0 Å². The predicted octanol–water partition coefficient (Wildman–Crippen LogP) is 4.81. The standard InChI is InChI=1S/C14H19Br/c1-11-6-5-7-12(10-11)13-8-3-2-4-9-14(13)15/h5-7,10,13-14H,2-4,8-9H2,1H3. The summed E-state index contributed by atoms with van der Waals surface area (Å²) in [6, 6.07) is 9.01. The van der Waals surface area contributed by atoms with E-state index in [0.717, 1.165) is 5.92 Å². The highest BCUT2D eigenvalue weighted by molar-refractivity contribution is 9.09. The second-order valence-corrected chi connectivity index (χ2v) is 5.85. The molecule has 1 aliphatic carbocycles. The Bertz CT molecular complexity index is 319. The molecular formula is C14H19Br. The Morgan fingerprint density at radius 1 is 1.13 bits per heavy atom. The first-order valence-corrected chi connectivity index (χ1v) is 6.89. The van der Waals surface area contributed by atoms with Gasteiger partial charge in [-0.3, -0.25) is 0 Å². The van der Waals surface area contributed by atoms with Crippen molar-refractivity contribution in [1.82, 2.24) is 0 Å². The highest BCUT2D eigenvalue weighted by Gasteiger charge is 2.22. The lowest BCUT2D eigenvalue weighted by molar-refractivity contribution is 0.612. The van der Waals surface area contributed by atoms with Gasteiger partial charge in [-0.1, -0.05) is 65.0 Å². The Labute approximate surface area is 101 Å². The van der Waals surface area contributed by atoms with E-state index in [4.69, 9.17) is 0 Å². The maximum atomic E-state index is 3.87. The third-order valence-electron chi connectivity index (χ3n) is 3.40. The zero-order valence-corrected chi connectivity index (χ0v) is 11.0.